The minimum absolute atomic E-state index is 0.00294. The second-order valence-corrected chi connectivity index (χ2v) is 20.5. The third-order valence-electron chi connectivity index (χ3n) is 16.9. The molecule has 6 aliphatic heterocycles. The minimum Gasteiger partial charge on any atom is -0.396 e. The van der Waals surface area contributed by atoms with E-state index >= 15 is 0 Å². The zero-order valence-electron chi connectivity index (χ0n) is 38.6. The van der Waals surface area contributed by atoms with E-state index in [0.29, 0.717) is 36.1 Å². The third-order valence-corrected chi connectivity index (χ3v) is 16.9. The number of pyridine rings is 2. The van der Waals surface area contributed by atoms with Crippen molar-refractivity contribution in [2.75, 3.05) is 52.5 Å². The molecule has 0 unspecified atom stereocenters. The van der Waals surface area contributed by atoms with Crippen LogP contribution in [-0.4, -0.2) is 115 Å². The number of aliphatic hydroxyl groups excluding tert-OH is 2. The van der Waals surface area contributed by atoms with E-state index in [2.05, 4.69) is 21.9 Å². The maximum Gasteiger partial charge on any atom is 0.258 e. The monoisotopic (exact) mass is 879 g/mol. The quantitative estimate of drug-likeness (QED) is 0.293. The van der Waals surface area contributed by atoms with Crippen LogP contribution in [0.15, 0.2) is 46.0 Å². The number of aliphatic hydroxyl groups is 2. The normalized spacial score (nSPS) is 30.9. The maximum atomic E-state index is 13.8. The fourth-order valence-electron chi connectivity index (χ4n) is 13.8. The maximum absolute atomic E-state index is 13.8. The molecule has 0 aromatic carbocycles. The number of piperidine rings is 2. The highest BCUT2D eigenvalue weighted by molar-refractivity contribution is 5.82. The van der Waals surface area contributed by atoms with Gasteiger partial charge in [0, 0.05) is 112 Å². The number of hydrogen-bond donors (Lipinski definition) is 2. The van der Waals surface area contributed by atoms with E-state index in [-0.39, 0.29) is 84.0 Å². The Morgan fingerprint density at radius 1 is 0.562 bits per heavy atom. The highest BCUT2D eigenvalue weighted by Crippen LogP contribution is 2.51. The Hall–Kier alpha value is -3.84. The van der Waals surface area contributed by atoms with Crippen molar-refractivity contribution in [1.82, 2.24) is 28.7 Å². The number of carbonyl (C=O) groups is 2. The van der Waals surface area contributed by atoms with E-state index in [9.17, 15) is 29.4 Å². The summed E-state index contributed by atoms with van der Waals surface area (Å²) in [6.07, 6.45) is 24.3. The lowest BCUT2D eigenvalue weighted by Crippen LogP contribution is -2.48. The molecule has 2 amide bonds. The molecule has 2 N–H and O–H groups in total. The van der Waals surface area contributed by atoms with Gasteiger partial charge in [0.15, 0.2) is 0 Å². The van der Waals surface area contributed by atoms with E-state index in [4.69, 9.17) is 0 Å². The molecule has 2 saturated carbocycles. The highest BCUT2D eigenvalue weighted by atomic mass is 16.3. The number of aromatic nitrogens is 2. The Kier molecular flexibility index (Phi) is 14.1. The number of rotatable bonds is 10. The fraction of sp³-hybridized carbons (Fsp3) is 0.692. The van der Waals surface area contributed by atoms with Crippen LogP contribution < -0.4 is 11.1 Å². The predicted molar refractivity (Wildman–Crippen MR) is 250 cm³/mol. The van der Waals surface area contributed by atoms with Crippen LogP contribution in [0.25, 0.3) is 12.2 Å². The first-order valence-electron chi connectivity index (χ1n) is 25.3. The Morgan fingerprint density at radius 3 is 1.28 bits per heavy atom. The summed E-state index contributed by atoms with van der Waals surface area (Å²) in [4.78, 5) is 63.3. The van der Waals surface area contributed by atoms with Gasteiger partial charge < -0.3 is 29.1 Å². The zero-order valence-corrected chi connectivity index (χ0v) is 38.6. The summed E-state index contributed by atoms with van der Waals surface area (Å²) in [5.41, 5.74) is 3.36. The van der Waals surface area contributed by atoms with Crippen molar-refractivity contribution in [1.29, 1.82) is 0 Å². The van der Waals surface area contributed by atoms with Gasteiger partial charge in [-0.15, -0.1) is 0 Å². The SMILES string of the molecule is C/C=C/c1ccc2n(c1=O)C[C@@H]1[C@@H](CO)[C@H](C(=O)N3CCCCC3)[C@H]2N1CC1CCCC1.C/C=C\c1ccc2n(c1=O)C[C@@H]1[C@@H](CO)[C@H](C(=O)N3CCCCC3)[C@H]2N1CC1CCCC1. The lowest BCUT2D eigenvalue weighted by molar-refractivity contribution is -0.140. The van der Waals surface area contributed by atoms with Gasteiger partial charge >= 0.3 is 0 Å². The largest absolute Gasteiger partial charge is 0.396 e. The van der Waals surface area contributed by atoms with Gasteiger partial charge in [-0.05, 0) is 114 Å². The molecule has 12 nitrogen and oxygen atoms in total. The lowest BCUT2D eigenvalue weighted by Gasteiger charge is -2.40. The molecule has 10 rings (SSSR count). The molecular formula is C52H74N6O6. The number of likely N-dealkylation sites (tertiary alicyclic amines) is 2. The molecule has 2 aromatic rings. The smallest absolute Gasteiger partial charge is 0.258 e. The van der Waals surface area contributed by atoms with Gasteiger partial charge in [0.1, 0.15) is 0 Å². The molecule has 8 aliphatic rings. The van der Waals surface area contributed by atoms with Gasteiger partial charge in [-0.3, -0.25) is 29.0 Å². The van der Waals surface area contributed by atoms with Crippen molar-refractivity contribution in [3.63, 3.8) is 0 Å². The Labute approximate surface area is 380 Å². The van der Waals surface area contributed by atoms with Crippen molar-refractivity contribution in [3.05, 3.63) is 79.6 Å². The van der Waals surface area contributed by atoms with Crippen molar-refractivity contribution in [2.45, 2.75) is 141 Å². The van der Waals surface area contributed by atoms with Crippen LogP contribution in [0, 0.1) is 35.5 Å². The average Bonchev–Trinajstić information content (AvgIpc) is 4.12. The lowest BCUT2D eigenvalue weighted by atomic mass is 9.85. The molecule has 0 radical (unpaired) electrons. The molecule has 8 atom stereocenters. The van der Waals surface area contributed by atoms with Gasteiger partial charge in [-0.2, -0.15) is 0 Å². The average molecular weight is 879 g/mol. The molecule has 12 heteroatoms. The molecule has 2 aromatic heterocycles. The van der Waals surface area contributed by atoms with E-state index in [1.165, 1.54) is 64.2 Å². The Bertz CT molecular complexity index is 2000. The summed E-state index contributed by atoms with van der Waals surface area (Å²) in [5.74, 6) is 0.890. The highest BCUT2D eigenvalue weighted by Gasteiger charge is 2.58. The molecule has 348 valence electrons. The summed E-state index contributed by atoms with van der Waals surface area (Å²) < 4.78 is 3.81. The second-order valence-electron chi connectivity index (χ2n) is 20.5. The first-order chi connectivity index (χ1) is 31.3. The van der Waals surface area contributed by atoms with Crippen molar-refractivity contribution in [2.24, 2.45) is 35.5 Å². The third kappa shape index (κ3) is 8.43. The number of nitrogens with zero attached hydrogens (tertiary/aromatic N) is 6. The molecule has 2 aliphatic carbocycles. The molecule has 8 heterocycles. The van der Waals surface area contributed by atoms with E-state index in [1.54, 1.807) is 0 Å². The molecule has 4 saturated heterocycles. The molecule has 4 bridgehead atoms. The van der Waals surface area contributed by atoms with Crippen LogP contribution in [0.5, 0.6) is 0 Å². The number of allylic oxidation sites excluding steroid dienone is 2. The summed E-state index contributed by atoms with van der Waals surface area (Å²) >= 11 is 0. The van der Waals surface area contributed by atoms with Crippen LogP contribution >= 0.6 is 0 Å². The van der Waals surface area contributed by atoms with E-state index < -0.39 is 0 Å². The summed E-state index contributed by atoms with van der Waals surface area (Å²) in [7, 11) is 0. The number of carbonyl (C=O) groups excluding carboxylic acids is 2. The van der Waals surface area contributed by atoms with Crippen LogP contribution in [0.1, 0.15) is 138 Å². The zero-order chi connectivity index (χ0) is 44.5. The second kappa shape index (κ2) is 19.9. The van der Waals surface area contributed by atoms with Gasteiger partial charge in [0.2, 0.25) is 11.8 Å². The van der Waals surface area contributed by atoms with Crippen LogP contribution in [-0.2, 0) is 22.7 Å². The Morgan fingerprint density at radius 2 is 0.938 bits per heavy atom. The fourth-order valence-corrected chi connectivity index (χ4v) is 13.8. The number of fused-ring (bicyclic) bond motifs is 8. The summed E-state index contributed by atoms with van der Waals surface area (Å²) in [5, 5.41) is 21.0. The first kappa shape index (κ1) is 45.3. The summed E-state index contributed by atoms with van der Waals surface area (Å²) in [6, 6.07) is 7.80. The topological polar surface area (TPSA) is 132 Å². The molecule has 64 heavy (non-hydrogen) atoms. The van der Waals surface area contributed by atoms with Gasteiger partial charge in [-0.1, -0.05) is 50.0 Å². The molecular weight excluding hydrogens is 805 g/mol. The molecule has 0 spiro atoms. The van der Waals surface area contributed by atoms with Crippen molar-refractivity contribution < 1.29 is 19.8 Å². The predicted octanol–water partition coefficient (Wildman–Crippen LogP) is 6.10. The van der Waals surface area contributed by atoms with E-state index in [1.807, 2.05) is 69.2 Å². The first-order valence-corrected chi connectivity index (χ1v) is 25.3. The van der Waals surface area contributed by atoms with Gasteiger partial charge in [0.05, 0.1) is 23.9 Å². The standard InChI is InChI=1S/2C26H37N3O3/c2*1-2-8-19-11-12-21-24-23(26(32)27-13-6-3-7-14-27)20(17-30)22(16-29(21)25(19)31)28(24)15-18-9-4-5-10-18/h2*2,8,11-12,18,20,22-24,30H,3-7,9-10,13-17H2,1H3/b8-2+;8-2-/t2*20-,22-,23+,24+/m11/s1. The summed E-state index contributed by atoms with van der Waals surface area (Å²) in [6.45, 7) is 10.2. The van der Waals surface area contributed by atoms with Crippen LogP contribution in [0.4, 0.5) is 0 Å². The Balaban J connectivity index is 0.000000162. The van der Waals surface area contributed by atoms with E-state index in [0.717, 1.165) is 76.3 Å². The van der Waals surface area contributed by atoms with Gasteiger partial charge in [-0.25, -0.2) is 0 Å². The minimum atomic E-state index is -0.273. The molecule has 6 fully saturated rings. The van der Waals surface area contributed by atoms with Crippen LogP contribution in [0.2, 0.25) is 0 Å². The van der Waals surface area contributed by atoms with Crippen molar-refractivity contribution >= 4 is 24.0 Å². The van der Waals surface area contributed by atoms with Gasteiger partial charge in [0.25, 0.3) is 11.1 Å². The number of hydrogen-bond acceptors (Lipinski definition) is 8. The number of amides is 2. The van der Waals surface area contributed by atoms with Crippen LogP contribution in [0.3, 0.4) is 0 Å². The van der Waals surface area contributed by atoms with Crippen molar-refractivity contribution in [3.8, 4) is 0 Å².